The van der Waals surface area contributed by atoms with Gasteiger partial charge in [0, 0.05) is 19.4 Å². The van der Waals surface area contributed by atoms with Crippen molar-refractivity contribution in [2.45, 2.75) is 92.2 Å². The largest absolute Gasteiger partial charge is 0.481 e. The van der Waals surface area contributed by atoms with Crippen LogP contribution in [0.15, 0.2) is 28.0 Å². The van der Waals surface area contributed by atoms with Gasteiger partial charge in [-0.15, -0.1) is 0 Å². The molecule has 3 nitrogen and oxygen atoms in total. The fraction of sp³-hybridized carbons (Fsp3) is 0.783. The highest BCUT2D eigenvalue weighted by molar-refractivity contribution is 5.95. The molecule has 0 heterocycles. The monoisotopic (exact) mass is 454 g/mol. The zero-order chi connectivity index (χ0) is 24.2. The van der Waals surface area contributed by atoms with Crippen LogP contribution in [-0.4, -0.2) is 31.7 Å². The molecule has 0 aliphatic carbocycles. The first kappa shape index (κ1) is 29.4. The molecule has 0 fully saturated rings. The molecule has 1 N–H and O–H groups in total. The lowest BCUT2D eigenvalue weighted by molar-refractivity contribution is -0.0877. The van der Waals surface area contributed by atoms with Crippen LogP contribution in [0.1, 0.15) is 80.1 Å². The van der Waals surface area contributed by atoms with Crippen molar-refractivity contribution in [3.63, 3.8) is 0 Å². The van der Waals surface area contributed by atoms with Crippen LogP contribution in [0.3, 0.4) is 0 Å². The summed E-state index contributed by atoms with van der Waals surface area (Å²) >= 11 is 0. The van der Waals surface area contributed by atoms with Crippen molar-refractivity contribution >= 4 is 5.90 Å². The van der Waals surface area contributed by atoms with E-state index in [4.69, 9.17) is 4.74 Å². The van der Waals surface area contributed by atoms with E-state index in [0.717, 1.165) is 38.0 Å². The zero-order valence-corrected chi connectivity index (χ0v) is 19.9. The Hall–Kier alpha value is -1.60. The topological polar surface area (TPSA) is 33.6 Å². The highest BCUT2D eigenvalue weighted by Crippen LogP contribution is 2.32. The Morgan fingerprint density at radius 1 is 1.13 bits per heavy atom. The highest BCUT2D eigenvalue weighted by Gasteiger charge is 2.37. The van der Waals surface area contributed by atoms with E-state index < -0.39 is 23.6 Å². The van der Waals surface area contributed by atoms with E-state index in [1.54, 1.807) is 6.92 Å². The molecule has 0 aliphatic heterocycles. The van der Waals surface area contributed by atoms with Gasteiger partial charge in [0.05, 0.1) is 7.11 Å². The predicted octanol–water partition coefficient (Wildman–Crippen LogP) is 7.65. The van der Waals surface area contributed by atoms with Crippen molar-refractivity contribution in [1.29, 1.82) is 0 Å². The van der Waals surface area contributed by atoms with E-state index in [-0.39, 0.29) is 24.7 Å². The van der Waals surface area contributed by atoms with Gasteiger partial charge in [0.25, 0.3) is 0 Å². The standard InChI is InChI=1S/C23H39F5N2O/c1-8-12-13-18(17(6)14-22(24,25)11-4)15-29-20(16(5)9-2)30-21(31-7)19(10-3)23(26,27)28/h10,17-18,29H,8-9,11-15H2,1-7H3/b19-10+,20-16-,30-21-. The predicted molar refractivity (Wildman–Crippen MR) is 117 cm³/mol. The summed E-state index contributed by atoms with van der Waals surface area (Å²) in [6.07, 6.45) is -0.949. The maximum absolute atomic E-state index is 13.9. The first-order valence-corrected chi connectivity index (χ1v) is 11.0. The number of allylic oxidation sites excluding steroid dienone is 2. The minimum absolute atomic E-state index is 0.0537. The lowest BCUT2D eigenvalue weighted by Crippen LogP contribution is -2.31. The van der Waals surface area contributed by atoms with Gasteiger partial charge < -0.3 is 10.1 Å². The average Bonchev–Trinajstić information content (AvgIpc) is 2.69. The summed E-state index contributed by atoms with van der Waals surface area (Å²) in [5.74, 6) is -3.26. The minimum atomic E-state index is -4.60. The van der Waals surface area contributed by atoms with Crippen molar-refractivity contribution in [3.8, 4) is 0 Å². The quantitative estimate of drug-likeness (QED) is 0.176. The summed E-state index contributed by atoms with van der Waals surface area (Å²) in [5, 5.41) is 3.13. The number of nitrogens with zero attached hydrogens (tertiary/aromatic N) is 1. The maximum Gasteiger partial charge on any atom is 0.421 e. The minimum Gasteiger partial charge on any atom is -0.481 e. The molecule has 0 bridgehead atoms. The zero-order valence-electron chi connectivity index (χ0n) is 19.9. The fourth-order valence-electron chi connectivity index (χ4n) is 3.24. The van der Waals surface area contributed by atoms with Crippen molar-refractivity contribution in [1.82, 2.24) is 5.32 Å². The first-order valence-electron chi connectivity index (χ1n) is 11.0. The van der Waals surface area contributed by atoms with Crippen LogP contribution in [0.2, 0.25) is 0 Å². The van der Waals surface area contributed by atoms with Gasteiger partial charge in [0.2, 0.25) is 11.8 Å². The van der Waals surface area contributed by atoms with Gasteiger partial charge in [-0.2, -0.15) is 18.2 Å². The third-order valence-electron chi connectivity index (χ3n) is 5.57. The number of unbranched alkanes of at least 4 members (excludes halogenated alkanes) is 1. The highest BCUT2D eigenvalue weighted by atomic mass is 19.4. The number of methoxy groups -OCH3 is 1. The number of hydrogen-bond donors (Lipinski definition) is 1. The number of alkyl halides is 5. The Morgan fingerprint density at radius 2 is 1.74 bits per heavy atom. The van der Waals surface area contributed by atoms with Crippen LogP contribution in [0.25, 0.3) is 0 Å². The van der Waals surface area contributed by atoms with E-state index in [1.807, 2.05) is 20.8 Å². The third-order valence-corrected chi connectivity index (χ3v) is 5.57. The summed E-state index contributed by atoms with van der Waals surface area (Å²) in [6.45, 7) is 10.6. The molecule has 182 valence electrons. The molecule has 31 heavy (non-hydrogen) atoms. The van der Waals surface area contributed by atoms with Crippen molar-refractivity contribution in [2.24, 2.45) is 16.8 Å². The Bertz CT molecular complexity index is 624. The summed E-state index contributed by atoms with van der Waals surface area (Å²) in [6, 6.07) is 0. The average molecular weight is 455 g/mol. The van der Waals surface area contributed by atoms with E-state index in [1.165, 1.54) is 13.8 Å². The molecular weight excluding hydrogens is 415 g/mol. The van der Waals surface area contributed by atoms with Gasteiger partial charge in [-0.25, -0.2) is 8.78 Å². The van der Waals surface area contributed by atoms with E-state index in [2.05, 4.69) is 10.3 Å². The van der Waals surface area contributed by atoms with Gasteiger partial charge in [0.15, 0.2) is 0 Å². The number of ether oxygens (including phenoxy) is 1. The lowest BCUT2D eigenvalue weighted by atomic mass is 9.84. The Kier molecular flexibility index (Phi) is 13.0. The molecule has 0 aromatic rings. The number of nitrogens with one attached hydrogen (secondary N) is 1. The SMILES string of the molecule is C\C=C(/C(=N/C(NCC(CCCC)C(C)CC(F)(F)CC)=C(/C)CC)OC)C(F)(F)F. The van der Waals surface area contributed by atoms with Gasteiger partial charge in [-0.05, 0) is 44.1 Å². The molecule has 8 heteroatoms. The second kappa shape index (κ2) is 13.7. The van der Waals surface area contributed by atoms with Gasteiger partial charge in [-0.3, -0.25) is 0 Å². The van der Waals surface area contributed by atoms with E-state index in [0.29, 0.717) is 18.8 Å². The maximum atomic E-state index is 13.9. The van der Waals surface area contributed by atoms with Crippen molar-refractivity contribution in [3.05, 3.63) is 23.0 Å². The first-order chi connectivity index (χ1) is 14.4. The van der Waals surface area contributed by atoms with E-state index >= 15 is 0 Å². The molecule has 0 aromatic heterocycles. The van der Waals surface area contributed by atoms with Crippen LogP contribution < -0.4 is 5.32 Å². The molecule has 0 amide bonds. The molecule has 0 aliphatic rings. The Balaban J connectivity index is 5.77. The molecule has 2 atom stereocenters. The number of rotatable bonds is 13. The van der Waals surface area contributed by atoms with Crippen LogP contribution in [-0.2, 0) is 4.74 Å². The second-order valence-electron chi connectivity index (χ2n) is 7.98. The molecule has 0 saturated heterocycles. The molecule has 0 spiro atoms. The van der Waals surface area contributed by atoms with E-state index in [9.17, 15) is 22.0 Å². The molecule has 0 saturated carbocycles. The smallest absolute Gasteiger partial charge is 0.421 e. The fourth-order valence-corrected chi connectivity index (χ4v) is 3.24. The van der Waals surface area contributed by atoms with Crippen LogP contribution >= 0.6 is 0 Å². The lowest BCUT2D eigenvalue weighted by Gasteiger charge is -2.28. The summed E-state index contributed by atoms with van der Waals surface area (Å²) in [4.78, 5) is 4.13. The van der Waals surface area contributed by atoms with Crippen molar-refractivity contribution in [2.75, 3.05) is 13.7 Å². The summed E-state index contributed by atoms with van der Waals surface area (Å²) < 4.78 is 72.7. The molecule has 0 rings (SSSR count). The van der Waals surface area contributed by atoms with Gasteiger partial charge >= 0.3 is 6.18 Å². The molecular formula is C23H39F5N2O. The van der Waals surface area contributed by atoms with Gasteiger partial charge in [0.1, 0.15) is 11.4 Å². The third kappa shape index (κ3) is 10.5. The van der Waals surface area contributed by atoms with Crippen LogP contribution in [0, 0.1) is 11.8 Å². The van der Waals surface area contributed by atoms with Crippen LogP contribution in [0.4, 0.5) is 22.0 Å². The van der Waals surface area contributed by atoms with Crippen molar-refractivity contribution < 1.29 is 26.7 Å². The number of aliphatic imine (C=N–C) groups is 1. The second-order valence-corrected chi connectivity index (χ2v) is 7.98. The van der Waals surface area contributed by atoms with Gasteiger partial charge in [-0.1, -0.05) is 46.6 Å². The summed E-state index contributed by atoms with van der Waals surface area (Å²) in [7, 11) is 1.14. The number of halogens is 5. The summed E-state index contributed by atoms with van der Waals surface area (Å²) in [5.41, 5.74) is -0.204. The van der Waals surface area contributed by atoms with Crippen LogP contribution in [0.5, 0.6) is 0 Å². The Morgan fingerprint density at radius 3 is 2.16 bits per heavy atom. The molecule has 2 unspecified atom stereocenters. The molecule has 0 aromatic carbocycles. The number of hydrogen-bond acceptors (Lipinski definition) is 3. The molecule has 0 radical (unpaired) electrons. The normalized spacial score (nSPS) is 16.6. The Labute approximate surface area is 184 Å².